The number of rotatable bonds is 7. The van der Waals surface area contributed by atoms with Gasteiger partial charge < -0.3 is 15.3 Å². The fourth-order valence-corrected chi connectivity index (χ4v) is 5.75. The number of aromatic nitrogens is 1. The molecular formula is C29H33N3O3. The van der Waals surface area contributed by atoms with Gasteiger partial charge in [0.05, 0.1) is 11.8 Å². The van der Waals surface area contributed by atoms with Crippen molar-refractivity contribution in [3.05, 3.63) is 78.1 Å². The van der Waals surface area contributed by atoms with Crippen LogP contribution in [-0.2, 0) is 16.0 Å². The van der Waals surface area contributed by atoms with Crippen molar-refractivity contribution in [2.75, 3.05) is 13.1 Å². The first-order valence-corrected chi connectivity index (χ1v) is 12.7. The molecule has 0 saturated carbocycles. The van der Waals surface area contributed by atoms with E-state index >= 15 is 0 Å². The third kappa shape index (κ3) is 5.22. The Balaban J connectivity index is 1.21. The maximum absolute atomic E-state index is 13.1. The summed E-state index contributed by atoms with van der Waals surface area (Å²) in [5.41, 5.74) is 1.52. The molecule has 35 heavy (non-hydrogen) atoms. The van der Waals surface area contributed by atoms with Gasteiger partial charge in [-0.1, -0.05) is 48.5 Å². The molecule has 1 aromatic heterocycles. The lowest BCUT2D eigenvalue weighted by molar-refractivity contribution is -0.134. The highest BCUT2D eigenvalue weighted by molar-refractivity contribution is 5.86. The van der Waals surface area contributed by atoms with Crippen LogP contribution in [0.3, 0.4) is 0 Å². The van der Waals surface area contributed by atoms with E-state index in [2.05, 4.69) is 40.6 Å². The van der Waals surface area contributed by atoms with E-state index in [-0.39, 0.29) is 23.3 Å². The molecule has 6 nitrogen and oxygen atoms in total. The lowest BCUT2D eigenvalue weighted by atomic mass is 9.83. The Kier molecular flexibility index (Phi) is 6.82. The zero-order valence-electron chi connectivity index (χ0n) is 20.0. The van der Waals surface area contributed by atoms with Crippen molar-refractivity contribution in [3.63, 3.8) is 0 Å². The SMILES string of the molecule is O=C1CCC(CCC(=O)N2CCC(C(O)c3ccccn3)CC2)(Cc2cccc3ccccc23)N1. The summed E-state index contributed by atoms with van der Waals surface area (Å²) in [5, 5.41) is 16.3. The third-order valence-corrected chi connectivity index (χ3v) is 7.79. The number of fused-ring (bicyclic) bond motifs is 1. The second-order valence-electron chi connectivity index (χ2n) is 10.1. The van der Waals surface area contributed by atoms with Crippen LogP contribution in [0.1, 0.15) is 55.9 Å². The zero-order valence-corrected chi connectivity index (χ0v) is 20.0. The fraction of sp³-hybridized carbons (Fsp3) is 0.414. The van der Waals surface area contributed by atoms with E-state index in [9.17, 15) is 14.7 Å². The number of carbonyl (C=O) groups excluding carboxylic acids is 2. The maximum Gasteiger partial charge on any atom is 0.222 e. The normalized spacial score (nSPS) is 21.7. The highest BCUT2D eigenvalue weighted by atomic mass is 16.3. The number of hydrogen-bond donors (Lipinski definition) is 2. The lowest BCUT2D eigenvalue weighted by Gasteiger charge is -2.35. The topological polar surface area (TPSA) is 82.5 Å². The predicted molar refractivity (Wildman–Crippen MR) is 135 cm³/mol. The van der Waals surface area contributed by atoms with Crippen molar-refractivity contribution in [3.8, 4) is 0 Å². The Morgan fingerprint density at radius 3 is 2.60 bits per heavy atom. The number of nitrogens with one attached hydrogen (secondary N) is 1. The van der Waals surface area contributed by atoms with Gasteiger partial charge in [-0.25, -0.2) is 0 Å². The second kappa shape index (κ2) is 10.2. The summed E-state index contributed by atoms with van der Waals surface area (Å²) < 4.78 is 0. The molecule has 2 N–H and O–H groups in total. The van der Waals surface area contributed by atoms with Crippen molar-refractivity contribution in [2.45, 2.75) is 56.6 Å². The molecule has 3 aromatic rings. The molecule has 3 heterocycles. The summed E-state index contributed by atoms with van der Waals surface area (Å²) in [4.78, 5) is 31.6. The highest BCUT2D eigenvalue weighted by Crippen LogP contribution is 2.33. The minimum absolute atomic E-state index is 0.0713. The Morgan fingerprint density at radius 1 is 1.09 bits per heavy atom. The van der Waals surface area contributed by atoms with Crippen molar-refractivity contribution in [1.29, 1.82) is 0 Å². The molecule has 2 aliphatic heterocycles. The number of pyridine rings is 1. The predicted octanol–water partition coefficient (Wildman–Crippen LogP) is 4.18. The van der Waals surface area contributed by atoms with Crippen molar-refractivity contribution in [2.24, 2.45) is 5.92 Å². The van der Waals surface area contributed by atoms with E-state index in [1.807, 2.05) is 35.2 Å². The molecule has 182 valence electrons. The van der Waals surface area contributed by atoms with E-state index in [1.165, 1.54) is 16.3 Å². The van der Waals surface area contributed by atoms with Gasteiger partial charge in [0.1, 0.15) is 0 Å². The molecule has 0 bridgehead atoms. The maximum atomic E-state index is 13.1. The summed E-state index contributed by atoms with van der Waals surface area (Å²) in [7, 11) is 0. The summed E-state index contributed by atoms with van der Waals surface area (Å²) in [6.45, 7) is 1.30. The number of amides is 2. The van der Waals surface area contributed by atoms with E-state index < -0.39 is 6.10 Å². The van der Waals surface area contributed by atoms with Crippen molar-refractivity contribution in [1.82, 2.24) is 15.2 Å². The van der Waals surface area contributed by atoms with Crippen LogP contribution in [0.4, 0.5) is 0 Å². The zero-order chi connectivity index (χ0) is 24.3. The Morgan fingerprint density at radius 2 is 1.86 bits per heavy atom. The number of piperidine rings is 1. The van der Waals surface area contributed by atoms with E-state index in [0.29, 0.717) is 38.0 Å². The molecule has 2 amide bonds. The summed E-state index contributed by atoms with van der Waals surface area (Å²) in [6, 6.07) is 20.2. The van der Waals surface area contributed by atoms with Gasteiger partial charge in [-0.3, -0.25) is 14.6 Å². The van der Waals surface area contributed by atoms with Gasteiger partial charge in [0.15, 0.2) is 0 Å². The van der Waals surface area contributed by atoms with Crippen LogP contribution in [0.15, 0.2) is 66.9 Å². The van der Waals surface area contributed by atoms with Gasteiger partial charge in [0.2, 0.25) is 11.8 Å². The molecule has 0 aliphatic carbocycles. The minimum Gasteiger partial charge on any atom is -0.387 e. The Labute approximate surface area is 206 Å². The standard InChI is InChI=1S/C29H33N3O3/c33-26-11-15-29(31-26,20-23-8-5-7-21-6-1-2-9-24(21)23)16-12-27(34)32-18-13-22(14-19-32)28(35)25-10-3-4-17-30-25/h1-10,17,22,28,35H,11-16,18-20H2,(H,31,33). The van der Waals surface area contributed by atoms with Gasteiger partial charge in [-0.2, -0.15) is 0 Å². The van der Waals surface area contributed by atoms with E-state index in [0.717, 1.165) is 25.7 Å². The van der Waals surface area contributed by atoms with Crippen LogP contribution in [0.2, 0.25) is 0 Å². The molecule has 2 aliphatic rings. The molecule has 2 saturated heterocycles. The van der Waals surface area contributed by atoms with Crippen molar-refractivity contribution >= 4 is 22.6 Å². The minimum atomic E-state index is -0.592. The van der Waals surface area contributed by atoms with Crippen LogP contribution in [0.25, 0.3) is 10.8 Å². The van der Waals surface area contributed by atoms with Gasteiger partial charge >= 0.3 is 0 Å². The van der Waals surface area contributed by atoms with Crippen LogP contribution in [-0.4, -0.2) is 45.4 Å². The summed E-state index contributed by atoms with van der Waals surface area (Å²) in [5.74, 6) is 0.317. The molecule has 0 radical (unpaired) electrons. The average Bonchev–Trinajstić information content (AvgIpc) is 3.28. The van der Waals surface area contributed by atoms with Crippen LogP contribution < -0.4 is 5.32 Å². The first kappa shape index (κ1) is 23.5. The number of hydrogen-bond acceptors (Lipinski definition) is 4. The van der Waals surface area contributed by atoms with Crippen molar-refractivity contribution < 1.29 is 14.7 Å². The summed E-state index contributed by atoms with van der Waals surface area (Å²) in [6.07, 6.45) is 5.68. The molecule has 2 fully saturated rings. The average molecular weight is 472 g/mol. The molecule has 6 heteroatoms. The molecule has 0 spiro atoms. The lowest BCUT2D eigenvalue weighted by Crippen LogP contribution is -2.46. The number of benzene rings is 2. The monoisotopic (exact) mass is 471 g/mol. The first-order chi connectivity index (χ1) is 17.0. The molecule has 5 rings (SSSR count). The second-order valence-corrected chi connectivity index (χ2v) is 10.1. The van der Waals surface area contributed by atoms with Gasteiger partial charge in [-0.05, 0) is 66.5 Å². The molecule has 2 unspecified atom stereocenters. The van der Waals surface area contributed by atoms with Crippen LogP contribution in [0.5, 0.6) is 0 Å². The molecule has 2 aromatic carbocycles. The summed E-state index contributed by atoms with van der Waals surface area (Å²) >= 11 is 0. The number of carbonyl (C=O) groups is 2. The number of likely N-dealkylation sites (tertiary alicyclic amines) is 1. The van der Waals surface area contributed by atoms with E-state index in [4.69, 9.17) is 0 Å². The van der Waals surface area contributed by atoms with Gasteiger partial charge in [0.25, 0.3) is 0 Å². The number of nitrogens with zero attached hydrogens (tertiary/aromatic N) is 2. The Hall–Kier alpha value is -3.25. The smallest absolute Gasteiger partial charge is 0.222 e. The number of aliphatic hydroxyl groups excluding tert-OH is 1. The first-order valence-electron chi connectivity index (χ1n) is 12.7. The van der Waals surface area contributed by atoms with Crippen LogP contribution in [0, 0.1) is 5.92 Å². The third-order valence-electron chi connectivity index (χ3n) is 7.79. The van der Waals surface area contributed by atoms with Gasteiger partial charge in [-0.15, -0.1) is 0 Å². The van der Waals surface area contributed by atoms with Gasteiger partial charge in [0, 0.05) is 37.7 Å². The largest absolute Gasteiger partial charge is 0.387 e. The van der Waals surface area contributed by atoms with Crippen LogP contribution >= 0.6 is 0 Å². The fourth-order valence-electron chi connectivity index (χ4n) is 5.75. The molecule has 2 atom stereocenters. The Bertz CT molecular complexity index is 1180. The van der Waals surface area contributed by atoms with E-state index in [1.54, 1.807) is 6.20 Å². The molecular weight excluding hydrogens is 438 g/mol. The highest BCUT2D eigenvalue weighted by Gasteiger charge is 2.39. The number of aliphatic hydroxyl groups is 1. The quantitative estimate of drug-likeness (QED) is 0.542.